The largest absolute Gasteiger partial charge is 0.454 e. The molecule has 0 saturated carbocycles. The minimum Gasteiger partial charge on any atom is -0.454 e. The van der Waals surface area contributed by atoms with Gasteiger partial charge in [0, 0.05) is 12.4 Å². The number of halogens is 1. The predicted octanol–water partition coefficient (Wildman–Crippen LogP) is 1.90. The lowest BCUT2D eigenvalue weighted by atomic mass is 10.4. The molecule has 0 bridgehead atoms. The van der Waals surface area contributed by atoms with Gasteiger partial charge in [0.05, 0.1) is 13.1 Å². The molecule has 4 nitrogen and oxygen atoms in total. The maximum Gasteiger partial charge on any atom is 0.164 e. The van der Waals surface area contributed by atoms with Gasteiger partial charge in [0.1, 0.15) is 11.6 Å². The lowest BCUT2D eigenvalue weighted by Crippen LogP contribution is -2.13. The van der Waals surface area contributed by atoms with E-state index in [0.717, 1.165) is 28.4 Å². The van der Waals surface area contributed by atoms with E-state index in [1.54, 1.807) is 6.20 Å². The van der Waals surface area contributed by atoms with E-state index in [1.807, 2.05) is 18.3 Å². The second-order valence-electron chi connectivity index (χ2n) is 2.85. The summed E-state index contributed by atoms with van der Waals surface area (Å²) in [5.41, 5.74) is 0. The zero-order valence-corrected chi connectivity index (χ0v) is 9.61. The number of aromatic amines is 1. The second kappa shape index (κ2) is 4.61. The first kappa shape index (κ1) is 9.72. The van der Waals surface area contributed by atoms with Gasteiger partial charge in [-0.25, -0.2) is 4.98 Å². The summed E-state index contributed by atoms with van der Waals surface area (Å²) in [5.74, 6) is 1.88. The van der Waals surface area contributed by atoms with Crippen molar-refractivity contribution < 1.29 is 4.42 Å². The number of hydrogen-bond donors (Lipinski definition) is 2. The van der Waals surface area contributed by atoms with Crippen LogP contribution < -0.4 is 5.32 Å². The zero-order valence-electron chi connectivity index (χ0n) is 7.46. The van der Waals surface area contributed by atoms with Crippen LogP contribution in [-0.4, -0.2) is 9.97 Å². The summed E-state index contributed by atoms with van der Waals surface area (Å²) in [6.07, 6.45) is 3.56. The molecule has 74 valence electrons. The summed E-state index contributed by atoms with van der Waals surface area (Å²) in [7, 11) is 0. The van der Waals surface area contributed by atoms with Crippen molar-refractivity contribution in [1.82, 2.24) is 15.3 Å². The maximum absolute atomic E-state index is 5.40. The van der Waals surface area contributed by atoms with Gasteiger partial charge in [-0.1, -0.05) is 0 Å². The Morgan fingerprint density at radius 3 is 3.00 bits per heavy atom. The van der Waals surface area contributed by atoms with Crippen LogP contribution in [0.1, 0.15) is 11.6 Å². The summed E-state index contributed by atoms with van der Waals surface area (Å²) in [4.78, 5) is 7.13. The fourth-order valence-corrected chi connectivity index (χ4v) is 1.61. The molecule has 0 saturated heterocycles. The monoisotopic (exact) mass is 303 g/mol. The van der Waals surface area contributed by atoms with Gasteiger partial charge in [0.15, 0.2) is 3.77 Å². The Kier molecular flexibility index (Phi) is 3.20. The molecule has 2 aromatic rings. The molecule has 0 fully saturated rings. The lowest BCUT2D eigenvalue weighted by molar-refractivity contribution is 0.461. The fourth-order valence-electron chi connectivity index (χ4n) is 1.15. The molecule has 2 rings (SSSR count). The number of hydrogen-bond acceptors (Lipinski definition) is 3. The lowest BCUT2D eigenvalue weighted by Gasteiger charge is -1.98. The van der Waals surface area contributed by atoms with Crippen molar-refractivity contribution in [3.63, 3.8) is 0 Å². The maximum atomic E-state index is 5.40. The average Bonchev–Trinajstić information content (AvgIpc) is 2.77. The Hall–Kier alpha value is -0.820. The van der Waals surface area contributed by atoms with E-state index in [0.29, 0.717) is 0 Å². The van der Waals surface area contributed by atoms with Crippen LogP contribution in [0.15, 0.2) is 28.9 Å². The van der Waals surface area contributed by atoms with Crippen molar-refractivity contribution in [2.75, 3.05) is 0 Å². The van der Waals surface area contributed by atoms with Crippen LogP contribution in [0.2, 0.25) is 0 Å². The summed E-state index contributed by atoms with van der Waals surface area (Å²) < 4.78 is 6.31. The Morgan fingerprint density at radius 1 is 1.43 bits per heavy atom. The molecule has 0 aliphatic rings. The van der Waals surface area contributed by atoms with Gasteiger partial charge in [-0.2, -0.15) is 0 Å². The quantitative estimate of drug-likeness (QED) is 0.848. The van der Waals surface area contributed by atoms with E-state index in [1.165, 1.54) is 0 Å². The number of nitrogens with zero attached hydrogens (tertiary/aromatic N) is 1. The number of nitrogens with one attached hydrogen (secondary N) is 2. The molecule has 14 heavy (non-hydrogen) atoms. The highest BCUT2D eigenvalue weighted by Gasteiger charge is 1.99. The molecular weight excluding hydrogens is 293 g/mol. The van der Waals surface area contributed by atoms with E-state index in [4.69, 9.17) is 4.42 Å². The molecule has 5 heteroatoms. The standard InChI is InChI=1S/C9H10IN3O/c10-8-2-1-7(14-8)5-11-6-9-12-3-4-13-9/h1-4,11H,5-6H2,(H,12,13). The third-order valence-corrected chi connectivity index (χ3v) is 2.36. The van der Waals surface area contributed by atoms with Crippen molar-refractivity contribution >= 4 is 22.6 Å². The summed E-state index contributed by atoms with van der Waals surface area (Å²) in [6.45, 7) is 1.45. The van der Waals surface area contributed by atoms with Crippen molar-refractivity contribution in [3.05, 3.63) is 39.9 Å². The van der Waals surface area contributed by atoms with Gasteiger partial charge in [-0.3, -0.25) is 0 Å². The van der Waals surface area contributed by atoms with E-state index in [-0.39, 0.29) is 0 Å². The van der Waals surface area contributed by atoms with Crippen LogP contribution in [0.4, 0.5) is 0 Å². The molecule has 0 atom stereocenters. The third-order valence-electron chi connectivity index (χ3n) is 1.78. The van der Waals surface area contributed by atoms with Crippen LogP contribution in [0, 0.1) is 3.77 Å². The number of imidazole rings is 1. The van der Waals surface area contributed by atoms with Crippen LogP contribution in [0.5, 0.6) is 0 Å². The molecule has 2 N–H and O–H groups in total. The molecule has 0 aliphatic heterocycles. The molecule has 0 aliphatic carbocycles. The van der Waals surface area contributed by atoms with Crippen molar-refractivity contribution in [2.24, 2.45) is 0 Å². The summed E-state index contributed by atoms with van der Waals surface area (Å²) >= 11 is 2.15. The highest BCUT2D eigenvalue weighted by molar-refractivity contribution is 14.1. The number of H-pyrrole nitrogens is 1. The Balaban J connectivity index is 1.78. The molecule has 2 heterocycles. The average molecular weight is 303 g/mol. The normalized spacial score (nSPS) is 10.6. The highest BCUT2D eigenvalue weighted by Crippen LogP contribution is 2.09. The molecular formula is C9H10IN3O. The van der Waals surface area contributed by atoms with Crippen LogP contribution in [0.3, 0.4) is 0 Å². The zero-order chi connectivity index (χ0) is 9.80. The molecule has 0 radical (unpaired) electrons. The van der Waals surface area contributed by atoms with Gasteiger partial charge < -0.3 is 14.7 Å². The van der Waals surface area contributed by atoms with Gasteiger partial charge in [-0.05, 0) is 34.7 Å². The van der Waals surface area contributed by atoms with Crippen molar-refractivity contribution in [1.29, 1.82) is 0 Å². The molecule has 2 aromatic heterocycles. The Labute approximate surface area is 95.3 Å². The number of rotatable bonds is 4. The first-order valence-corrected chi connectivity index (χ1v) is 5.35. The molecule has 0 amide bonds. The number of aromatic nitrogens is 2. The van der Waals surface area contributed by atoms with Gasteiger partial charge in [-0.15, -0.1) is 0 Å². The minimum atomic E-state index is 0.726. The minimum absolute atomic E-state index is 0.726. The second-order valence-corrected chi connectivity index (χ2v) is 3.91. The van der Waals surface area contributed by atoms with E-state index in [2.05, 4.69) is 37.9 Å². The smallest absolute Gasteiger partial charge is 0.164 e. The van der Waals surface area contributed by atoms with Crippen LogP contribution >= 0.6 is 22.6 Å². The SMILES string of the molecule is Ic1ccc(CNCc2ncc[nH]2)o1. The van der Waals surface area contributed by atoms with Gasteiger partial charge in [0.2, 0.25) is 0 Å². The molecule has 0 unspecified atom stereocenters. The first-order chi connectivity index (χ1) is 6.84. The Morgan fingerprint density at radius 2 is 2.36 bits per heavy atom. The van der Waals surface area contributed by atoms with Crippen molar-refractivity contribution in [3.8, 4) is 0 Å². The first-order valence-electron chi connectivity index (χ1n) is 4.28. The van der Waals surface area contributed by atoms with E-state index >= 15 is 0 Å². The van der Waals surface area contributed by atoms with Gasteiger partial charge >= 0.3 is 0 Å². The van der Waals surface area contributed by atoms with Gasteiger partial charge in [0.25, 0.3) is 0 Å². The molecule has 0 aromatic carbocycles. The summed E-state index contributed by atoms with van der Waals surface area (Å²) in [5, 5.41) is 3.23. The van der Waals surface area contributed by atoms with Crippen LogP contribution in [-0.2, 0) is 13.1 Å². The Bertz CT molecular complexity index is 382. The van der Waals surface area contributed by atoms with E-state index < -0.39 is 0 Å². The predicted molar refractivity (Wildman–Crippen MR) is 60.6 cm³/mol. The molecule has 0 spiro atoms. The topological polar surface area (TPSA) is 53.9 Å². The van der Waals surface area contributed by atoms with Crippen molar-refractivity contribution in [2.45, 2.75) is 13.1 Å². The van der Waals surface area contributed by atoms with E-state index in [9.17, 15) is 0 Å². The number of furan rings is 1. The fraction of sp³-hybridized carbons (Fsp3) is 0.222. The third kappa shape index (κ3) is 2.58. The summed E-state index contributed by atoms with van der Waals surface area (Å²) in [6, 6.07) is 3.92. The van der Waals surface area contributed by atoms with Crippen LogP contribution in [0.25, 0.3) is 0 Å². The highest BCUT2D eigenvalue weighted by atomic mass is 127.